The number of carbonyl (C=O) groups is 1. The highest BCUT2D eigenvalue weighted by Crippen LogP contribution is 2.34. The molecule has 3 aromatic rings. The van der Waals surface area contributed by atoms with Gasteiger partial charge in [-0.15, -0.1) is 0 Å². The SMILES string of the molecule is O=C(O)/C=C/c1ccc(N(c2ccccc2)c2ccccc2)cc1. The number of carboxylic acid groups (broad SMARTS) is 1. The molecule has 0 atom stereocenters. The Hall–Kier alpha value is -3.33. The van der Waals surface area contributed by atoms with E-state index in [-0.39, 0.29) is 0 Å². The number of aliphatic carboxylic acids is 1. The molecule has 0 aliphatic rings. The van der Waals surface area contributed by atoms with Gasteiger partial charge in [0.2, 0.25) is 0 Å². The summed E-state index contributed by atoms with van der Waals surface area (Å²) < 4.78 is 0. The molecule has 0 heterocycles. The standard InChI is InChI=1S/C21H17NO2/c23-21(24)16-13-17-11-14-20(15-12-17)22(18-7-3-1-4-8-18)19-9-5-2-6-10-19/h1-16H,(H,23,24)/b16-13+. The van der Waals surface area contributed by atoms with Crippen LogP contribution in [-0.2, 0) is 4.79 Å². The topological polar surface area (TPSA) is 40.5 Å². The zero-order valence-corrected chi connectivity index (χ0v) is 13.0. The number of anilines is 3. The predicted molar refractivity (Wildman–Crippen MR) is 97.8 cm³/mol. The summed E-state index contributed by atoms with van der Waals surface area (Å²) in [6.45, 7) is 0. The van der Waals surface area contributed by atoms with Gasteiger partial charge in [-0.25, -0.2) is 4.79 Å². The zero-order chi connectivity index (χ0) is 16.8. The zero-order valence-electron chi connectivity index (χ0n) is 13.0. The van der Waals surface area contributed by atoms with Crippen molar-refractivity contribution in [2.24, 2.45) is 0 Å². The molecule has 3 heteroatoms. The minimum Gasteiger partial charge on any atom is -0.478 e. The highest BCUT2D eigenvalue weighted by atomic mass is 16.4. The lowest BCUT2D eigenvalue weighted by molar-refractivity contribution is -0.131. The van der Waals surface area contributed by atoms with Gasteiger partial charge in [-0.3, -0.25) is 0 Å². The van der Waals surface area contributed by atoms with Crippen LogP contribution in [0.3, 0.4) is 0 Å². The smallest absolute Gasteiger partial charge is 0.328 e. The molecule has 0 saturated carbocycles. The maximum absolute atomic E-state index is 10.6. The average Bonchev–Trinajstić information content (AvgIpc) is 2.63. The lowest BCUT2D eigenvalue weighted by Gasteiger charge is -2.25. The van der Waals surface area contributed by atoms with Crippen molar-refractivity contribution in [2.75, 3.05) is 4.90 Å². The second-order valence-corrected chi connectivity index (χ2v) is 5.27. The summed E-state index contributed by atoms with van der Waals surface area (Å²) in [5.41, 5.74) is 4.00. The molecule has 0 unspecified atom stereocenters. The quantitative estimate of drug-likeness (QED) is 0.653. The number of nitrogens with zero attached hydrogens (tertiary/aromatic N) is 1. The molecule has 3 aromatic carbocycles. The maximum atomic E-state index is 10.6. The second kappa shape index (κ2) is 7.29. The van der Waals surface area contributed by atoms with Gasteiger partial charge in [0.1, 0.15) is 0 Å². The predicted octanol–water partition coefficient (Wildman–Crippen LogP) is 5.25. The second-order valence-electron chi connectivity index (χ2n) is 5.27. The van der Waals surface area contributed by atoms with E-state index in [0.717, 1.165) is 28.7 Å². The van der Waals surface area contributed by atoms with Crippen LogP contribution in [-0.4, -0.2) is 11.1 Å². The van der Waals surface area contributed by atoms with Gasteiger partial charge < -0.3 is 10.0 Å². The summed E-state index contributed by atoms with van der Waals surface area (Å²) in [6, 6.07) is 28.1. The molecule has 3 rings (SSSR count). The molecular formula is C21H17NO2. The number of rotatable bonds is 5. The Kier molecular flexibility index (Phi) is 4.73. The summed E-state index contributed by atoms with van der Waals surface area (Å²) in [5.74, 6) is -0.950. The first-order valence-electron chi connectivity index (χ1n) is 7.65. The molecule has 0 bridgehead atoms. The van der Waals surface area contributed by atoms with Crippen LogP contribution in [0.5, 0.6) is 0 Å². The Bertz CT molecular complexity index is 785. The molecule has 0 saturated heterocycles. The van der Waals surface area contributed by atoms with Crippen LogP contribution in [0.1, 0.15) is 5.56 Å². The Labute approximate surface area is 141 Å². The Morgan fingerprint density at radius 1 is 0.708 bits per heavy atom. The van der Waals surface area contributed by atoms with Gasteiger partial charge in [0.05, 0.1) is 0 Å². The van der Waals surface area contributed by atoms with E-state index in [0.29, 0.717) is 0 Å². The van der Waals surface area contributed by atoms with Gasteiger partial charge >= 0.3 is 5.97 Å². The third-order valence-corrected chi connectivity index (χ3v) is 3.60. The Morgan fingerprint density at radius 3 is 1.62 bits per heavy atom. The van der Waals surface area contributed by atoms with Crippen LogP contribution >= 0.6 is 0 Å². The summed E-state index contributed by atoms with van der Waals surface area (Å²) in [4.78, 5) is 12.8. The fourth-order valence-electron chi connectivity index (χ4n) is 2.50. The molecule has 0 fully saturated rings. The van der Waals surface area contributed by atoms with Crippen molar-refractivity contribution in [3.63, 3.8) is 0 Å². The highest BCUT2D eigenvalue weighted by Gasteiger charge is 2.11. The Balaban J connectivity index is 1.99. The maximum Gasteiger partial charge on any atom is 0.328 e. The van der Waals surface area contributed by atoms with Crippen molar-refractivity contribution in [2.45, 2.75) is 0 Å². The van der Waals surface area contributed by atoms with Crippen LogP contribution in [0.2, 0.25) is 0 Å². The first-order valence-corrected chi connectivity index (χ1v) is 7.65. The van der Waals surface area contributed by atoms with Crippen LogP contribution in [0, 0.1) is 0 Å². The van der Waals surface area contributed by atoms with Gasteiger partial charge in [-0.1, -0.05) is 48.5 Å². The summed E-state index contributed by atoms with van der Waals surface area (Å²) >= 11 is 0. The van der Waals surface area contributed by atoms with Crippen molar-refractivity contribution in [1.82, 2.24) is 0 Å². The Morgan fingerprint density at radius 2 is 1.17 bits per heavy atom. The van der Waals surface area contributed by atoms with E-state index >= 15 is 0 Å². The van der Waals surface area contributed by atoms with E-state index in [1.165, 1.54) is 0 Å². The lowest BCUT2D eigenvalue weighted by Crippen LogP contribution is -2.09. The molecule has 0 radical (unpaired) electrons. The van der Waals surface area contributed by atoms with Crippen LogP contribution in [0.25, 0.3) is 6.08 Å². The molecule has 0 aromatic heterocycles. The number of hydrogen-bond donors (Lipinski definition) is 1. The fraction of sp³-hybridized carbons (Fsp3) is 0. The van der Waals surface area contributed by atoms with Gasteiger partial charge in [0, 0.05) is 23.1 Å². The number of carboxylic acids is 1. The monoisotopic (exact) mass is 315 g/mol. The summed E-state index contributed by atoms with van der Waals surface area (Å²) in [7, 11) is 0. The van der Waals surface area contributed by atoms with E-state index < -0.39 is 5.97 Å². The van der Waals surface area contributed by atoms with E-state index in [1.54, 1.807) is 6.08 Å². The minimum absolute atomic E-state index is 0.849. The molecule has 0 aliphatic heterocycles. The fourth-order valence-corrected chi connectivity index (χ4v) is 2.50. The van der Waals surface area contributed by atoms with E-state index in [1.807, 2.05) is 60.7 Å². The van der Waals surface area contributed by atoms with Gasteiger partial charge in [0.25, 0.3) is 0 Å². The largest absolute Gasteiger partial charge is 0.478 e. The van der Waals surface area contributed by atoms with E-state index in [2.05, 4.69) is 29.2 Å². The van der Waals surface area contributed by atoms with Crippen molar-refractivity contribution in [1.29, 1.82) is 0 Å². The summed E-state index contributed by atoms with van der Waals surface area (Å²) in [6.07, 6.45) is 2.72. The molecule has 24 heavy (non-hydrogen) atoms. The van der Waals surface area contributed by atoms with Crippen molar-refractivity contribution < 1.29 is 9.90 Å². The van der Waals surface area contributed by atoms with Crippen molar-refractivity contribution >= 4 is 29.1 Å². The van der Waals surface area contributed by atoms with Gasteiger partial charge in [0.15, 0.2) is 0 Å². The molecule has 0 spiro atoms. The van der Waals surface area contributed by atoms with Crippen molar-refractivity contribution in [3.8, 4) is 0 Å². The lowest BCUT2D eigenvalue weighted by atomic mass is 10.1. The summed E-state index contributed by atoms with van der Waals surface area (Å²) in [5, 5.41) is 8.72. The first-order chi connectivity index (χ1) is 11.7. The molecule has 0 amide bonds. The first kappa shape index (κ1) is 15.6. The third-order valence-electron chi connectivity index (χ3n) is 3.60. The number of hydrogen-bond acceptors (Lipinski definition) is 2. The normalized spacial score (nSPS) is 10.7. The van der Waals surface area contributed by atoms with Crippen LogP contribution < -0.4 is 4.90 Å². The molecule has 118 valence electrons. The number of para-hydroxylation sites is 2. The molecule has 0 aliphatic carbocycles. The highest BCUT2D eigenvalue weighted by molar-refractivity contribution is 5.85. The molecular weight excluding hydrogens is 298 g/mol. The van der Waals surface area contributed by atoms with Crippen LogP contribution in [0.4, 0.5) is 17.1 Å². The minimum atomic E-state index is -0.950. The van der Waals surface area contributed by atoms with Gasteiger partial charge in [-0.05, 0) is 48.0 Å². The average molecular weight is 315 g/mol. The molecule has 3 nitrogen and oxygen atoms in total. The number of benzene rings is 3. The van der Waals surface area contributed by atoms with Crippen LogP contribution in [0.15, 0.2) is 91.0 Å². The molecule has 1 N–H and O–H groups in total. The van der Waals surface area contributed by atoms with E-state index in [9.17, 15) is 4.79 Å². The van der Waals surface area contributed by atoms with Crippen molar-refractivity contribution in [3.05, 3.63) is 96.6 Å². The van der Waals surface area contributed by atoms with Gasteiger partial charge in [-0.2, -0.15) is 0 Å². The third kappa shape index (κ3) is 3.70. The van der Waals surface area contributed by atoms with E-state index in [4.69, 9.17) is 5.11 Å².